The SMILES string of the molecule is Cc1cccc(C)c1Cn1ccc(C(=O)C(C)C)c1. The van der Waals surface area contributed by atoms with Crippen LogP contribution < -0.4 is 0 Å². The zero-order valence-corrected chi connectivity index (χ0v) is 12.1. The van der Waals surface area contributed by atoms with Gasteiger partial charge in [-0.25, -0.2) is 0 Å². The Morgan fingerprint density at radius 2 is 1.79 bits per heavy atom. The lowest BCUT2D eigenvalue weighted by Crippen LogP contribution is -2.06. The summed E-state index contributed by atoms with van der Waals surface area (Å²) in [5.74, 6) is 0.260. The number of aryl methyl sites for hydroxylation is 2. The molecule has 1 aromatic carbocycles. The van der Waals surface area contributed by atoms with E-state index < -0.39 is 0 Å². The van der Waals surface area contributed by atoms with E-state index in [0.717, 1.165) is 12.1 Å². The molecule has 1 heterocycles. The molecule has 2 rings (SSSR count). The second kappa shape index (κ2) is 5.43. The van der Waals surface area contributed by atoms with Crippen molar-refractivity contribution in [2.24, 2.45) is 5.92 Å². The van der Waals surface area contributed by atoms with E-state index in [9.17, 15) is 4.79 Å². The Bertz CT molecular complexity index is 573. The van der Waals surface area contributed by atoms with E-state index in [4.69, 9.17) is 0 Å². The Labute approximate surface area is 115 Å². The third kappa shape index (κ3) is 2.95. The molecule has 19 heavy (non-hydrogen) atoms. The van der Waals surface area contributed by atoms with Gasteiger partial charge in [-0.2, -0.15) is 0 Å². The maximum atomic E-state index is 11.9. The average molecular weight is 255 g/mol. The number of Topliss-reactive ketones (excluding diaryl/α,β-unsaturated/α-hetero) is 1. The van der Waals surface area contributed by atoms with Crippen LogP contribution in [-0.2, 0) is 6.54 Å². The molecule has 100 valence electrons. The number of hydrogen-bond donors (Lipinski definition) is 0. The highest BCUT2D eigenvalue weighted by Gasteiger charge is 2.12. The summed E-state index contributed by atoms with van der Waals surface area (Å²) in [5.41, 5.74) is 4.73. The number of ketones is 1. The molecule has 0 spiro atoms. The minimum Gasteiger partial charge on any atom is -0.349 e. The van der Waals surface area contributed by atoms with Gasteiger partial charge in [-0.05, 0) is 36.6 Å². The third-order valence-electron chi connectivity index (χ3n) is 3.54. The maximum Gasteiger partial charge on any atom is 0.166 e. The largest absolute Gasteiger partial charge is 0.349 e. The summed E-state index contributed by atoms with van der Waals surface area (Å²) in [6.07, 6.45) is 3.94. The smallest absolute Gasteiger partial charge is 0.166 e. The average Bonchev–Trinajstić information content (AvgIpc) is 2.81. The topological polar surface area (TPSA) is 22.0 Å². The van der Waals surface area contributed by atoms with Crippen molar-refractivity contribution >= 4 is 5.78 Å². The number of hydrogen-bond acceptors (Lipinski definition) is 1. The fourth-order valence-electron chi connectivity index (χ4n) is 2.30. The number of rotatable bonds is 4. The van der Waals surface area contributed by atoms with E-state index in [-0.39, 0.29) is 11.7 Å². The molecule has 0 bridgehead atoms. The zero-order valence-electron chi connectivity index (χ0n) is 12.1. The summed E-state index contributed by atoms with van der Waals surface area (Å²) in [7, 11) is 0. The van der Waals surface area contributed by atoms with Crippen LogP contribution >= 0.6 is 0 Å². The van der Waals surface area contributed by atoms with Crippen LogP contribution in [0.25, 0.3) is 0 Å². The Hall–Kier alpha value is -1.83. The second-order valence-corrected chi connectivity index (χ2v) is 5.46. The van der Waals surface area contributed by atoms with E-state index in [0.29, 0.717) is 0 Å². The van der Waals surface area contributed by atoms with Crippen molar-refractivity contribution in [1.29, 1.82) is 0 Å². The first-order valence-electron chi connectivity index (χ1n) is 6.74. The van der Waals surface area contributed by atoms with Crippen molar-refractivity contribution in [2.45, 2.75) is 34.2 Å². The molecule has 2 heteroatoms. The standard InChI is InChI=1S/C17H21NO/c1-12(2)17(19)15-8-9-18(10-15)11-16-13(3)6-5-7-14(16)4/h5-10,12H,11H2,1-4H3. The summed E-state index contributed by atoms with van der Waals surface area (Å²) >= 11 is 0. The van der Waals surface area contributed by atoms with Crippen LogP contribution in [0, 0.1) is 19.8 Å². The lowest BCUT2D eigenvalue weighted by atomic mass is 10.0. The molecule has 0 aliphatic rings. The molecular formula is C17H21NO. The van der Waals surface area contributed by atoms with E-state index >= 15 is 0 Å². The summed E-state index contributed by atoms with van der Waals surface area (Å²) in [6, 6.07) is 8.26. The van der Waals surface area contributed by atoms with Crippen molar-refractivity contribution < 1.29 is 4.79 Å². The number of carbonyl (C=O) groups excluding carboxylic acids is 1. The number of nitrogens with zero attached hydrogens (tertiary/aromatic N) is 1. The summed E-state index contributed by atoms with van der Waals surface area (Å²) < 4.78 is 2.09. The van der Waals surface area contributed by atoms with Gasteiger partial charge in [0.25, 0.3) is 0 Å². The van der Waals surface area contributed by atoms with Crippen LogP contribution in [0.1, 0.15) is 40.9 Å². The molecule has 0 N–H and O–H groups in total. The lowest BCUT2D eigenvalue weighted by Gasteiger charge is -2.10. The minimum atomic E-state index is 0.0519. The fraction of sp³-hybridized carbons (Fsp3) is 0.353. The van der Waals surface area contributed by atoms with Crippen LogP contribution in [0.15, 0.2) is 36.7 Å². The zero-order chi connectivity index (χ0) is 14.0. The first-order valence-corrected chi connectivity index (χ1v) is 6.74. The third-order valence-corrected chi connectivity index (χ3v) is 3.54. The molecule has 0 aliphatic carbocycles. The molecular weight excluding hydrogens is 234 g/mol. The highest BCUT2D eigenvalue weighted by atomic mass is 16.1. The Balaban J connectivity index is 2.23. The van der Waals surface area contributed by atoms with Gasteiger partial charge in [0.15, 0.2) is 5.78 Å². The molecule has 0 unspecified atom stereocenters. The molecule has 0 aliphatic heterocycles. The van der Waals surface area contributed by atoms with E-state index in [1.54, 1.807) is 0 Å². The number of aromatic nitrogens is 1. The summed E-state index contributed by atoms with van der Waals surface area (Å²) in [4.78, 5) is 11.9. The predicted octanol–water partition coefficient (Wildman–Crippen LogP) is 3.99. The van der Waals surface area contributed by atoms with Crippen LogP contribution in [0.3, 0.4) is 0 Å². The van der Waals surface area contributed by atoms with Gasteiger partial charge in [0.2, 0.25) is 0 Å². The number of carbonyl (C=O) groups is 1. The van der Waals surface area contributed by atoms with Gasteiger partial charge in [0.1, 0.15) is 0 Å². The predicted molar refractivity (Wildman–Crippen MR) is 78.6 cm³/mol. The van der Waals surface area contributed by atoms with E-state index in [1.807, 2.05) is 32.3 Å². The first-order chi connectivity index (χ1) is 8.99. The highest BCUT2D eigenvalue weighted by molar-refractivity contribution is 5.97. The van der Waals surface area contributed by atoms with Crippen LogP contribution in [0.5, 0.6) is 0 Å². The molecule has 0 saturated heterocycles. The van der Waals surface area contributed by atoms with Gasteiger partial charge in [-0.15, -0.1) is 0 Å². The minimum absolute atomic E-state index is 0.0519. The second-order valence-electron chi connectivity index (χ2n) is 5.46. The molecule has 0 atom stereocenters. The quantitative estimate of drug-likeness (QED) is 0.757. The molecule has 0 saturated carbocycles. The molecule has 0 fully saturated rings. The molecule has 0 amide bonds. The van der Waals surface area contributed by atoms with Crippen molar-refractivity contribution in [2.75, 3.05) is 0 Å². The normalized spacial score (nSPS) is 11.0. The summed E-state index contributed by atoms with van der Waals surface area (Å²) in [5, 5.41) is 0. The fourth-order valence-corrected chi connectivity index (χ4v) is 2.30. The van der Waals surface area contributed by atoms with Crippen molar-refractivity contribution in [3.05, 3.63) is 58.9 Å². The number of benzene rings is 1. The Kier molecular flexibility index (Phi) is 3.89. The van der Waals surface area contributed by atoms with Crippen LogP contribution in [-0.4, -0.2) is 10.4 Å². The van der Waals surface area contributed by atoms with Gasteiger partial charge in [-0.3, -0.25) is 4.79 Å². The van der Waals surface area contributed by atoms with Crippen LogP contribution in [0.2, 0.25) is 0 Å². The molecule has 1 aromatic heterocycles. The maximum absolute atomic E-state index is 11.9. The van der Waals surface area contributed by atoms with E-state index in [2.05, 4.69) is 36.6 Å². The van der Waals surface area contributed by atoms with Crippen LogP contribution in [0.4, 0.5) is 0 Å². The Morgan fingerprint density at radius 1 is 1.16 bits per heavy atom. The lowest BCUT2D eigenvalue weighted by molar-refractivity contribution is 0.0939. The molecule has 2 aromatic rings. The molecule has 0 radical (unpaired) electrons. The van der Waals surface area contributed by atoms with Gasteiger partial charge in [0, 0.05) is 30.4 Å². The van der Waals surface area contributed by atoms with Gasteiger partial charge in [-0.1, -0.05) is 32.0 Å². The van der Waals surface area contributed by atoms with Gasteiger partial charge in [0.05, 0.1) is 0 Å². The first kappa shape index (κ1) is 13.6. The summed E-state index contributed by atoms with van der Waals surface area (Å²) in [6.45, 7) is 8.96. The Morgan fingerprint density at radius 3 is 2.37 bits per heavy atom. The van der Waals surface area contributed by atoms with Crippen molar-refractivity contribution in [3.8, 4) is 0 Å². The van der Waals surface area contributed by atoms with Gasteiger partial charge >= 0.3 is 0 Å². The van der Waals surface area contributed by atoms with Crippen molar-refractivity contribution in [1.82, 2.24) is 4.57 Å². The van der Waals surface area contributed by atoms with Crippen molar-refractivity contribution in [3.63, 3.8) is 0 Å². The highest BCUT2D eigenvalue weighted by Crippen LogP contribution is 2.16. The molecule has 2 nitrogen and oxygen atoms in total. The monoisotopic (exact) mass is 255 g/mol. The van der Waals surface area contributed by atoms with E-state index in [1.165, 1.54) is 16.7 Å². The van der Waals surface area contributed by atoms with Gasteiger partial charge < -0.3 is 4.57 Å².